The standard InChI is InChI=1S/C30H21F6N3O2/c1-17-6-3-4-9-23(17)24-15-26(41-22-8-5-7-18(12-22)16-37)39-25(27(24)28(40)38-2)13-19-10-20(29(31,32)33)14-21(11-19)30(34,35)36/h3-12,14-15H,13H2,1-2H3,(H,38,40). The number of pyridine rings is 1. The Morgan fingerprint density at radius 2 is 1.56 bits per heavy atom. The van der Waals surface area contributed by atoms with E-state index in [1.165, 1.54) is 19.2 Å². The van der Waals surface area contributed by atoms with Crippen molar-refractivity contribution in [3.8, 4) is 28.8 Å². The second-order valence-electron chi connectivity index (χ2n) is 9.06. The van der Waals surface area contributed by atoms with Crippen LogP contribution in [0.25, 0.3) is 11.1 Å². The summed E-state index contributed by atoms with van der Waals surface area (Å²) in [6.45, 7) is 1.78. The molecule has 41 heavy (non-hydrogen) atoms. The van der Waals surface area contributed by atoms with Gasteiger partial charge in [0.2, 0.25) is 5.88 Å². The van der Waals surface area contributed by atoms with Crippen LogP contribution in [0.5, 0.6) is 11.6 Å². The molecule has 3 aromatic carbocycles. The minimum atomic E-state index is -5.05. The van der Waals surface area contributed by atoms with Gasteiger partial charge in [-0.05, 0) is 60.0 Å². The average molecular weight is 570 g/mol. The van der Waals surface area contributed by atoms with Gasteiger partial charge in [0.15, 0.2) is 0 Å². The number of nitrogens with zero attached hydrogens (tertiary/aromatic N) is 2. The van der Waals surface area contributed by atoms with Crippen molar-refractivity contribution >= 4 is 5.91 Å². The zero-order valence-corrected chi connectivity index (χ0v) is 21.6. The highest BCUT2D eigenvalue weighted by Gasteiger charge is 2.37. The molecule has 1 amide bonds. The van der Waals surface area contributed by atoms with Gasteiger partial charge in [0.1, 0.15) is 5.75 Å². The van der Waals surface area contributed by atoms with Crippen molar-refractivity contribution < 1.29 is 35.9 Å². The van der Waals surface area contributed by atoms with E-state index in [0.29, 0.717) is 23.3 Å². The minimum absolute atomic E-state index is 0.0362. The molecule has 4 rings (SSSR count). The van der Waals surface area contributed by atoms with Gasteiger partial charge in [0.25, 0.3) is 5.91 Å². The zero-order valence-electron chi connectivity index (χ0n) is 21.6. The Labute approximate surface area is 231 Å². The Balaban J connectivity index is 1.97. The van der Waals surface area contributed by atoms with E-state index in [1.807, 2.05) is 6.07 Å². The summed E-state index contributed by atoms with van der Waals surface area (Å²) >= 11 is 0. The molecule has 1 heterocycles. The van der Waals surface area contributed by atoms with E-state index in [9.17, 15) is 36.4 Å². The first-order chi connectivity index (χ1) is 19.3. The van der Waals surface area contributed by atoms with E-state index >= 15 is 0 Å². The molecule has 1 N–H and O–H groups in total. The van der Waals surface area contributed by atoms with E-state index in [-0.39, 0.29) is 40.1 Å². The monoisotopic (exact) mass is 569 g/mol. The maximum Gasteiger partial charge on any atom is 0.416 e. The molecule has 0 radical (unpaired) electrons. The maximum absolute atomic E-state index is 13.5. The lowest BCUT2D eigenvalue weighted by Gasteiger charge is -2.18. The average Bonchev–Trinajstić information content (AvgIpc) is 2.91. The number of hydrogen-bond donors (Lipinski definition) is 1. The molecule has 0 saturated carbocycles. The van der Waals surface area contributed by atoms with Gasteiger partial charge in [0.05, 0.1) is 34.0 Å². The highest BCUT2D eigenvalue weighted by Crippen LogP contribution is 2.38. The maximum atomic E-state index is 13.5. The third-order valence-electron chi connectivity index (χ3n) is 6.16. The first kappa shape index (κ1) is 29.1. The van der Waals surface area contributed by atoms with Crippen molar-refractivity contribution in [3.05, 3.63) is 112 Å². The number of aromatic nitrogens is 1. The summed E-state index contributed by atoms with van der Waals surface area (Å²) < 4.78 is 87.1. The third-order valence-corrected chi connectivity index (χ3v) is 6.16. The number of rotatable bonds is 6. The lowest BCUT2D eigenvalue weighted by Crippen LogP contribution is -2.22. The van der Waals surface area contributed by atoms with Gasteiger partial charge in [-0.15, -0.1) is 0 Å². The fourth-order valence-electron chi connectivity index (χ4n) is 4.28. The SMILES string of the molecule is CNC(=O)c1c(-c2ccccc2C)cc(Oc2cccc(C#N)c2)nc1Cc1cc(C(F)(F)F)cc(C(F)(F)F)c1. The number of aryl methyl sites for hydroxylation is 1. The summed E-state index contributed by atoms with van der Waals surface area (Å²) in [7, 11) is 1.34. The van der Waals surface area contributed by atoms with Gasteiger partial charge >= 0.3 is 12.4 Å². The predicted molar refractivity (Wildman–Crippen MR) is 138 cm³/mol. The van der Waals surface area contributed by atoms with Gasteiger partial charge in [0, 0.05) is 25.1 Å². The highest BCUT2D eigenvalue weighted by molar-refractivity contribution is 6.02. The molecule has 0 saturated heterocycles. The molecule has 11 heteroatoms. The van der Waals surface area contributed by atoms with Gasteiger partial charge in [-0.3, -0.25) is 4.79 Å². The van der Waals surface area contributed by atoms with Crippen molar-refractivity contribution in [2.45, 2.75) is 25.7 Å². The van der Waals surface area contributed by atoms with Gasteiger partial charge < -0.3 is 10.1 Å². The number of benzene rings is 3. The Morgan fingerprint density at radius 3 is 2.15 bits per heavy atom. The summed E-state index contributed by atoms with van der Waals surface area (Å²) in [6.07, 6.45) is -10.6. The van der Waals surface area contributed by atoms with Crippen LogP contribution >= 0.6 is 0 Å². The number of carbonyl (C=O) groups excluding carboxylic acids is 1. The van der Waals surface area contributed by atoms with Gasteiger partial charge in [-0.1, -0.05) is 30.3 Å². The molecule has 210 valence electrons. The molecular formula is C30H21F6N3O2. The Bertz CT molecular complexity index is 1620. The Kier molecular flexibility index (Phi) is 8.05. The summed E-state index contributed by atoms with van der Waals surface area (Å²) in [5, 5.41) is 11.7. The second kappa shape index (κ2) is 11.3. The number of amides is 1. The topological polar surface area (TPSA) is 75.0 Å². The van der Waals surface area contributed by atoms with Crippen LogP contribution in [0.4, 0.5) is 26.3 Å². The molecule has 1 aromatic heterocycles. The number of ether oxygens (including phenoxy) is 1. The summed E-state index contributed by atoms with van der Waals surface area (Å²) in [4.78, 5) is 17.5. The number of nitrogens with one attached hydrogen (secondary N) is 1. The molecular weight excluding hydrogens is 548 g/mol. The van der Waals surface area contributed by atoms with Crippen LogP contribution in [0.3, 0.4) is 0 Å². The smallest absolute Gasteiger partial charge is 0.416 e. The van der Waals surface area contributed by atoms with Crippen molar-refractivity contribution in [1.29, 1.82) is 5.26 Å². The zero-order chi connectivity index (χ0) is 29.9. The summed E-state index contributed by atoms with van der Waals surface area (Å²) in [5.74, 6) is -0.514. The fourth-order valence-corrected chi connectivity index (χ4v) is 4.28. The molecule has 0 fully saturated rings. The largest absolute Gasteiger partial charge is 0.439 e. The highest BCUT2D eigenvalue weighted by atomic mass is 19.4. The van der Waals surface area contributed by atoms with E-state index in [1.54, 1.807) is 49.4 Å². The number of carbonyl (C=O) groups is 1. The number of halogens is 6. The summed E-state index contributed by atoms with van der Waals surface area (Å²) in [5.41, 5.74) is -1.56. The Hall–Kier alpha value is -4.85. The Morgan fingerprint density at radius 1 is 0.902 bits per heavy atom. The van der Waals surface area contributed by atoms with Crippen LogP contribution in [0.15, 0.2) is 72.8 Å². The van der Waals surface area contributed by atoms with Crippen molar-refractivity contribution in [3.63, 3.8) is 0 Å². The van der Waals surface area contributed by atoms with Crippen LogP contribution in [0.2, 0.25) is 0 Å². The van der Waals surface area contributed by atoms with E-state index in [0.717, 1.165) is 5.56 Å². The van der Waals surface area contributed by atoms with Crippen molar-refractivity contribution in [2.24, 2.45) is 0 Å². The molecule has 0 spiro atoms. The third kappa shape index (κ3) is 6.66. The van der Waals surface area contributed by atoms with Crippen LogP contribution in [0, 0.1) is 18.3 Å². The fraction of sp³-hybridized carbons (Fsp3) is 0.167. The quantitative estimate of drug-likeness (QED) is 0.242. The van der Waals surface area contributed by atoms with E-state index < -0.39 is 35.8 Å². The minimum Gasteiger partial charge on any atom is -0.439 e. The lowest BCUT2D eigenvalue weighted by atomic mass is 9.92. The molecule has 0 aliphatic carbocycles. The molecule has 0 atom stereocenters. The van der Waals surface area contributed by atoms with Crippen LogP contribution in [-0.4, -0.2) is 17.9 Å². The van der Waals surface area contributed by atoms with E-state index in [2.05, 4.69) is 10.3 Å². The van der Waals surface area contributed by atoms with Crippen LogP contribution < -0.4 is 10.1 Å². The van der Waals surface area contributed by atoms with Gasteiger partial charge in [-0.2, -0.15) is 31.6 Å². The number of hydrogen-bond acceptors (Lipinski definition) is 4. The van der Waals surface area contributed by atoms with Crippen LogP contribution in [0.1, 0.15) is 43.9 Å². The molecule has 5 nitrogen and oxygen atoms in total. The lowest BCUT2D eigenvalue weighted by molar-refractivity contribution is -0.143. The first-order valence-electron chi connectivity index (χ1n) is 12.1. The van der Waals surface area contributed by atoms with Gasteiger partial charge in [-0.25, -0.2) is 4.98 Å². The molecule has 0 bridgehead atoms. The predicted octanol–water partition coefficient (Wildman–Crippen LogP) is 7.71. The molecule has 0 aliphatic heterocycles. The summed E-state index contributed by atoms with van der Waals surface area (Å²) in [6, 6.07) is 17.7. The number of alkyl halides is 6. The van der Waals surface area contributed by atoms with E-state index in [4.69, 9.17) is 4.74 Å². The van der Waals surface area contributed by atoms with Crippen LogP contribution in [-0.2, 0) is 18.8 Å². The first-order valence-corrected chi connectivity index (χ1v) is 12.1. The molecule has 4 aromatic rings. The van der Waals surface area contributed by atoms with Crippen molar-refractivity contribution in [2.75, 3.05) is 7.05 Å². The number of nitriles is 1. The molecule has 0 aliphatic rings. The second-order valence-corrected chi connectivity index (χ2v) is 9.06. The molecule has 0 unspecified atom stereocenters. The van der Waals surface area contributed by atoms with Crippen molar-refractivity contribution in [1.82, 2.24) is 10.3 Å². The normalized spacial score (nSPS) is 11.6.